The summed E-state index contributed by atoms with van der Waals surface area (Å²) in [5.74, 6) is 0.333. The molecule has 0 aliphatic heterocycles. The van der Waals surface area contributed by atoms with Crippen molar-refractivity contribution < 1.29 is 0 Å². The van der Waals surface area contributed by atoms with Crippen LogP contribution in [0.25, 0.3) is 0 Å². The summed E-state index contributed by atoms with van der Waals surface area (Å²) >= 11 is 12.3. The molecule has 0 spiro atoms. The minimum atomic E-state index is -0.463. The van der Waals surface area contributed by atoms with Gasteiger partial charge in [-0.1, -0.05) is 36.2 Å². The van der Waals surface area contributed by atoms with Gasteiger partial charge in [0.05, 0.1) is 11.5 Å². The Labute approximate surface area is 99.6 Å². The van der Waals surface area contributed by atoms with E-state index in [9.17, 15) is 5.26 Å². The summed E-state index contributed by atoms with van der Waals surface area (Å²) < 4.78 is 0. The number of hydrogen-bond acceptors (Lipinski definition) is 1. The smallest absolute Gasteiger partial charge is 0.0876 e. The van der Waals surface area contributed by atoms with E-state index in [1.807, 2.05) is 6.07 Å². The van der Waals surface area contributed by atoms with Gasteiger partial charge < -0.3 is 0 Å². The van der Waals surface area contributed by atoms with Crippen LogP contribution in [0, 0.1) is 17.2 Å². The van der Waals surface area contributed by atoms with Crippen LogP contribution in [-0.2, 0) is 5.41 Å². The number of nitriles is 1. The van der Waals surface area contributed by atoms with Crippen LogP contribution in [0.3, 0.4) is 0 Å². The predicted octanol–water partition coefficient (Wildman–Crippen LogP) is 4.18. The lowest BCUT2D eigenvalue weighted by Gasteiger charge is -2.43. The summed E-state index contributed by atoms with van der Waals surface area (Å²) in [4.78, 5) is 0. The van der Waals surface area contributed by atoms with Crippen LogP contribution in [0.5, 0.6) is 0 Å². The van der Waals surface area contributed by atoms with Crippen molar-refractivity contribution in [3.63, 3.8) is 0 Å². The highest BCUT2D eigenvalue weighted by molar-refractivity contribution is 6.36. The van der Waals surface area contributed by atoms with E-state index in [1.54, 1.807) is 12.1 Å². The zero-order chi connectivity index (χ0) is 11.1. The normalized spacial score (nSPS) is 29.3. The first-order valence-electron chi connectivity index (χ1n) is 4.97. The van der Waals surface area contributed by atoms with Crippen LogP contribution in [0.2, 0.25) is 10.0 Å². The van der Waals surface area contributed by atoms with Crippen LogP contribution in [0.1, 0.15) is 25.3 Å². The number of nitrogens with zero attached hydrogens (tertiary/aromatic N) is 1. The van der Waals surface area contributed by atoms with Crippen LogP contribution in [-0.4, -0.2) is 0 Å². The summed E-state index contributed by atoms with van der Waals surface area (Å²) in [5, 5.41) is 10.6. The molecule has 1 fully saturated rings. The lowest BCUT2D eigenvalue weighted by Crippen LogP contribution is -2.41. The largest absolute Gasteiger partial charge is 0.197 e. The van der Waals surface area contributed by atoms with E-state index in [0.717, 1.165) is 18.4 Å². The van der Waals surface area contributed by atoms with Crippen LogP contribution in [0.15, 0.2) is 18.2 Å². The van der Waals surface area contributed by atoms with Crippen molar-refractivity contribution in [1.82, 2.24) is 0 Å². The van der Waals surface area contributed by atoms with Gasteiger partial charge in [0.1, 0.15) is 0 Å². The van der Waals surface area contributed by atoms with Gasteiger partial charge in [-0.25, -0.2) is 0 Å². The Kier molecular flexibility index (Phi) is 2.66. The first-order valence-corrected chi connectivity index (χ1v) is 5.73. The van der Waals surface area contributed by atoms with E-state index in [4.69, 9.17) is 23.2 Å². The lowest BCUT2D eigenvalue weighted by atomic mass is 9.58. The van der Waals surface area contributed by atoms with Gasteiger partial charge in [-0.15, -0.1) is 0 Å². The van der Waals surface area contributed by atoms with Gasteiger partial charge in [0.2, 0.25) is 0 Å². The molecule has 0 radical (unpaired) electrons. The third kappa shape index (κ3) is 1.44. The maximum absolute atomic E-state index is 9.34. The maximum atomic E-state index is 9.34. The number of halogens is 2. The fourth-order valence-corrected chi connectivity index (χ4v) is 2.97. The third-order valence-corrected chi connectivity index (χ3v) is 4.05. The lowest BCUT2D eigenvalue weighted by molar-refractivity contribution is 0.202. The second kappa shape index (κ2) is 3.70. The SMILES string of the molecule is CC1CCC1(C#N)c1c(Cl)cccc1Cl. The first-order chi connectivity index (χ1) is 7.12. The summed E-state index contributed by atoms with van der Waals surface area (Å²) in [7, 11) is 0. The van der Waals surface area contributed by atoms with E-state index in [1.165, 1.54) is 0 Å². The average Bonchev–Trinajstić information content (AvgIpc) is 2.21. The molecule has 0 amide bonds. The molecule has 0 bridgehead atoms. The molecular weight excluding hydrogens is 229 g/mol. The van der Waals surface area contributed by atoms with Crippen molar-refractivity contribution >= 4 is 23.2 Å². The molecule has 15 heavy (non-hydrogen) atoms. The Morgan fingerprint density at radius 3 is 2.33 bits per heavy atom. The number of rotatable bonds is 1. The molecule has 2 atom stereocenters. The van der Waals surface area contributed by atoms with Gasteiger partial charge in [0.25, 0.3) is 0 Å². The molecule has 1 aromatic rings. The van der Waals surface area contributed by atoms with Gasteiger partial charge >= 0.3 is 0 Å². The highest BCUT2D eigenvalue weighted by Gasteiger charge is 2.48. The van der Waals surface area contributed by atoms with E-state index in [0.29, 0.717) is 16.0 Å². The third-order valence-electron chi connectivity index (χ3n) is 3.42. The highest BCUT2D eigenvalue weighted by Crippen LogP contribution is 2.52. The zero-order valence-corrected chi connectivity index (χ0v) is 9.94. The highest BCUT2D eigenvalue weighted by atomic mass is 35.5. The standard InChI is InChI=1S/C12H11Cl2N/c1-8-5-6-12(8,7-15)11-9(13)3-2-4-10(11)14/h2-4,8H,5-6H2,1H3. The molecule has 78 valence electrons. The number of benzene rings is 1. The molecular formula is C12H11Cl2N. The predicted molar refractivity (Wildman–Crippen MR) is 62.2 cm³/mol. The number of hydrogen-bond donors (Lipinski definition) is 0. The molecule has 3 heteroatoms. The molecule has 1 aliphatic carbocycles. The average molecular weight is 240 g/mol. The fraction of sp³-hybridized carbons (Fsp3) is 0.417. The Balaban J connectivity index is 2.59. The fourth-order valence-electron chi connectivity index (χ4n) is 2.24. The van der Waals surface area contributed by atoms with Crippen molar-refractivity contribution in [2.24, 2.45) is 5.92 Å². The van der Waals surface area contributed by atoms with Gasteiger partial charge in [0, 0.05) is 15.6 Å². The molecule has 2 unspecified atom stereocenters. The van der Waals surface area contributed by atoms with Gasteiger partial charge in [-0.05, 0) is 30.9 Å². The minimum absolute atomic E-state index is 0.333. The summed E-state index contributed by atoms with van der Waals surface area (Å²) in [6, 6.07) is 7.80. The Bertz CT molecular complexity index is 415. The van der Waals surface area contributed by atoms with Crippen molar-refractivity contribution in [1.29, 1.82) is 5.26 Å². The summed E-state index contributed by atoms with van der Waals surface area (Å²) in [5.41, 5.74) is 0.352. The first kappa shape index (κ1) is 10.8. The maximum Gasteiger partial charge on any atom is 0.0876 e. The Morgan fingerprint density at radius 1 is 1.40 bits per heavy atom. The second-order valence-electron chi connectivity index (χ2n) is 4.12. The van der Waals surface area contributed by atoms with E-state index >= 15 is 0 Å². The van der Waals surface area contributed by atoms with E-state index in [2.05, 4.69) is 13.0 Å². The topological polar surface area (TPSA) is 23.8 Å². The van der Waals surface area contributed by atoms with Crippen molar-refractivity contribution in [2.45, 2.75) is 25.2 Å². The van der Waals surface area contributed by atoms with Gasteiger partial charge in [0.15, 0.2) is 0 Å². The van der Waals surface area contributed by atoms with Crippen LogP contribution in [0.4, 0.5) is 0 Å². The Hall–Kier alpha value is -0.710. The van der Waals surface area contributed by atoms with Gasteiger partial charge in [-0.2, -0.15) is 5.26 Å². The van der Waals surface area contributed by atoms with Crippen LogP contribution < -0.4 is 0 Å². The van der Waals surface area contributed by atoms with E-state index < -0.39 is 5.41 Å². The molecule has 0 saturated heterocycles. The molecule has 0 N–H and O–H groups in total. The molecule has 1 aromatic carbocycles. The van der Waals surface area contributed by atoms with Crippen molar-refractivity contribution in [3.05, 3.63) is 33.8 Å². The van der Waals surface area contributed by atoms with Crippen LogP contribution >= 0.6 is 23.2 Å². The van der Waals surface area contributed by atoms with Crippen molar-refractivity contribution in [3.8, 4) is 6.07 Å². The Morgan fingerprint density at radius 2 is 2.00 bits per heavy atom. The molecule has 0 heterocycles. The van der Waals surface area contributed by atoms with Crippen molar-refractivity contribution in [2.75, 3.05) is 0 Å². The second-order valence-corrected chi connectivity index (χ2v) is 4.93. The zero-order valence-electron chi connectivity index (χ0n) is 8.43. The minimum Gasteiger partial charge on any atom is -0.197 e. The molecule has 1 saturated carbocycles. The molecule has 0 aromatic heterocycles. The molecule has 1 nitrogen and oxygen atoms in total. The monoisotopic (exact) mass is 239 g/mol. The summed E-state index contributed by atoms with van der Waals surface area (Å²) in [6.45, 7) is 2.08. The van der Waals surface area contributed by atoms with Gasteiger partial charge in [-0.3, -0.25) is 0 Å². The molecule has 1 aliphatic rings. The quantitative estimate of drug-likeness (QED) is 0.722. The van der Waals surface area contributed by atoms with E-state index in [-0.39, 0.29) is 0 Å². The summed E-state index contributed by atoms with van der Waals surface area (Å²) in [6.07, 6.45) is 1.92. The molecule has 2 rings (SSSR count).